The first kappa shape index (κ1) is 12.8. The van der Waals surface area contributed by atoms with Gasteiger partial charge < -0.3 is 15.3 Å². The molecule has 2 atom stereocenters. The third-order valence-corrected chi connectivity index (χ3v) is 3.34. The first-order chi connectivity index (χ1) is 8.65. The van der Waals surface area contributed by atoms with E-state index in [1.165, 1.54) is 0 Å². The highest BCUT2D eigenvalue weighted by molar-refractivity contribution is 5.85. The van der Waals surface area contributed by atoms with Crippen molar-refractivity contribution in [2.75, 3.05) is 18.5 Å². The number of pyridine rings is 1. The van der Waals surface area contributed by atoms with Crippen molar-refractivity contribution in [2.24, 2.45) is 0 Å². The lowest BCUT2D eigenvalue weighted by molar-refractivity contribution is -0.121. The highest BCUT2D eigenvalue weighted by Gasteiger charge is 2.32. The van der Waals surface area contributed by atoms with E-state index in [1.807, 2.05) is 11.0 Å². The molecule has 1 aliphatic rings. The lowest BCUT2D eigenvalue weighted by Gasteiger charge is -2.27. The summed E-state index contributed by atoms with van der Waals surface area (Å²) >= 11 is 0. The Hall–Kier alpha value is -1.62. The van der Waals surface area contributed by atoms with Gasteiger partial charge in [0.25, 0.3) is 0 Å². The second-order valence-corrected chi connectivity index (χ2v) is 4.56. The van der Waals surface area contributed by atoms with Crippen molar-refractivity contribution in [1.29, 1.82) is 0 Å². The zero-order valence-corrected chi connectivity index (χ0v) is 10.8. The number of likely N-dealkylation sites (N-methyl/N-ethyl adjacent to an activating group) is 1. The van der Waals surface area contributed by atoms with Crippen LogP contribution in [0.3, 0.4) is 0 Å². The molecule has 0 bridgehead atoms. The van der Waals surface area contributed by atoms with Crippen LogP contribution in [0.2, 0.25) is 0 Å². The highest BCUT2D eigenvalue weighted by Crippen LogP contribution is 2.29. The smallest absolute Gasteiger partial charge is 0.242 e. The number of aromatic nitrogens is 1. The van der Waals surface area contributed by atoms with Crippen molar-refractivity contribution < 1.29 is 9.90 Å². The molecule has 0 saturated carbocycles. The SMILES string of the molecule is CNC(=O)C1CCCN1c1ncccc1C(C)O. The molecule has 2 rings (SSSR count). The van der Waals surface area contributed by atoms with Crippen LogP contribution in [0.1, 0.15) is 31.4 Å². The predicted octanol–water partition coefficient (Wildman–Crippen LogP) is 0.850. The lowest BCUT2D eigenvalue weighted by Crippen LogP contribution is -2.42. The topological polar surface area (TPSA) is 65.5 Å². The summed E-state index contributed by atoms with van der Waals surface area (Å²) in [4.78, 5) is 18.2. The number of aliphatic hydroxyl groups excluding tert-OH is 1. The molecule has 1 aromatic heterocycles. The molecule has 1 amide bonds. The number of anilines is 1. The van der Waals surface area contributed by atoms with Crippen molar-refractivity contribution >= 4 is 11.7 Å². The average molecular weight is 249 g/mol. The van der Waals surface area contributed by atoms with E-state index in [4.69, 9.17) is 0 Å². The van der Waals surface area contributed by atoms with Crippen molar-refractivity contribution in [2.45, 2.75) is 31.9 Å². The summed E-state index contributed by atoms with van der Waals surface area (Å²) in [5, 5.41) is 12.5. The van der Waals surface area contributed by atoms with Crippen molar-refractivity contribution in [3.8, 4) is 0 Å². The molecule has 1 aromatic rings. The van der Waals surface area contributed by atoms with E-state index in [1.54, 1.807) is 26.2 Å². The Morgan fingerprint density at radius 1 is 1.67 bits per heavy atom. The van der Waals surface area contributed by atoms with Crippen LogP contribution in [0.5, 0.6) is 0 Å². The maximum absolute atomic E-state index is 11.8. The molecular weight excluding hydrogens is 230 g/mol. The summed E-state index contributed by atoms with van der Waals surface area (Å²) in [5.74, 6) is 0.730. The van der Waals surface area contributed by atoms with Gasteiger partial charge in [0, 0.05) is 25.4 Å². The Kier molecular flexibility index (Phi) is 3.81. The number of nitrogens with zero attached hydrogens (tertiary/aromatic N) is 2. The van der Waals surface area contributed by atoms with E-state index in [-0.39, 0.29) is 11.9 Å². The van der Waals surface area contributed by atoms with Crippen LogP contribution in [0, 0.1) is 0 Å². The molecule has 2 unspecified atom stereocenters. The van der Waals surface area contributed by atoms with Crippen molar-refractivity contribution in [3.05, 3.63) is 23.9 Å². The third kappa shape index (κ3) is 2.31. The quantitative estimate of drug-likeness (QED) is 0.833. The molecule has 0 aliphatic carbocycles. The molecule has 98 valence electrons. The second kappa shape index (κ2) is 5.35. The van der Waals surface area contributed by atoms with E-state index in [9.17, 15) is 9.90 Å². The third-order valence-electron chi connectivity index (χ3n) is 3.34. The largest absolute Gasteiger partial charge is 0.389 e. The summed E-state index contributed by atoms with van der Waals surface area (Å²) in [6.07, 6.45) is 2.91. The summed E-state index contributed by atoms with van der Waals surface area (Å²) in [6.45, 7) is 2.51. The number of aliphatic hydroxyl groups is 1. The fourth-order valence-corrected chi connectivity index (χ4v) is 2.43. The second-order valence-electron chi connectivity index (χ2n) is 4.56. The Labute approximate surface area is 107 Å². The Balaban J connectivity index is 2.33. The molecule has 2 heterocycles. The van der Waals surface area contributed by atoms with E-state index in [2.05, 4.69) is 10.3 Å². The number of hydrogen-bond donors (Lipinski definition) is 2. The summed E-state index contributed by atoms with van der Waals surface area (Å²) < 4.78 is 0. The van der Waals surface area contributed by atoms with Crippen LogP contribution >= 0.6 is 0 Å². The van der Waals surface area contributed by atoms with Gasteiger partial charge in [0.05, 0.1) is 6.10 Å². The molecular formula is C13H19N3O2. The molecule has 0 aromatic carbocycles. The maximum Gasteiger partial charge on any atom is 0.242 e. The minimum Gasteiger partial charge on any atom is -0.389 e. The molecule has 2 N–H and O–H groups in total. The van der Waals surface area contributed by atoms with Gasteiger partial charge in [-0.1, -0.05) is 6.07 Å². The van der Waals surface area contributed by atoms with Crippen LogP contribution in [-0.4, -0.2) is 35.6 Å². The van der Waals surface area contributed by atoms with Crippen LogP contribution < -0.4 is 10.2 Å². The van der Waals surface area contributed by atoms with Gasteiger partial charge in [0.2, 0.25) is 5.91 Å². The highest BCUT2D eigenvalue weighted by atomic mass is 16.3. The van der Waals surface area contributed by atoms with E-state index < -0.39 is 6.10 Å². The number of rotatable bonds is 3. The van der Waals surface area contributed by atoms with Crippen LogP contribution in [0.15, 0.2) is 18.3 Å². The molecule has 0 spiro atoms. The normalized spacial score (nSPS) is 20.8. The standard InChI is InChI=1S/C13H19N3O2/c1-9(17)10-5-3-7-15-12(10)16-8-4-6-11(16)13(18)14-2/h3,5,7,9,11,17H,4,6,8H2,1-2H3,(H,14,18). The van der Waals surface area contributed by atoms with Gasteiger partial charge in [0.1, 0.15) is 11.9 Å². The van der Waals surface area contributed by atoms with Gasteiger partial charge in [-0.05, 0) is 25.8 Å². The monoisotopic (exact) mass is 249 g/mol. The molecule has 1 aliphatic heterocycles. The number of hydrogen-bond acceptors (Lipinski definition) is 4. The molecule has 5 nitrogen and oxygen atoms in total. The van der Waals surface area contributed by atoms with E-state index in [0.29, 0.717) is 0 Å². The number of amides is 1. The Morgan fingerprint density at radius 3 is 3.11 bits per heavy atom. The van der Waals surface area contributed by atoms with Crippen LogP contribution in [-0.2, 0) is 4.79 Å². The van der Waals surface area contributed by atoms with Crippen molar-refractivity contribution in [3.63, 3.8) is 0 Å². The van der Waals surface area contributed by atoms with Gasteiger partial charge in [0.15, 0.2) is 0 Å². The molecule has 1 saturated heterocycles. The van der Waals surface area contributed by atoms with Gasteiger partial charge >= 0.3 is 0 Å². The summed E-state index contributed by atoms with van der Waals surface area (Å²) in [6, 6.07) is 3.48. The predicted molar refractivity (Wildman–Crippen MR) is 69.3 cm³/mol. The van der Waals surface area contributed by atoms with Crippen molar-refractivity contribution in [1.82, 2.24) is 10.3 Å². The molecule has 0 radical (unpaired) electrons. The van der Waals surface area contributed by atoms with Gasteiger partial charge in [-0.15, -0.1) is 0 Å². The molecule has 18 heavy (non-hydrogen) atoms. The Morgan fingerprint density at radius 2 is 2.44 bits per heavy atom. The minimum atomic E-state index is -0.584. The first-order valence-electron chi connectivity index (χ1n) is 6.26. The van der Waals surface area contributed by atoms with Gasteiger partial charge in [-0.2, -0.15) is 0 Å². The average Bonchev–Trinajstić information content (AvgIpc) is 2.86. The molecule has 1 fully saturated rings. The van der Waals surface area contributed by atoms with Crippen LogP contribution in [0.4, 0.5) is 5.82 Å². The first-order valence-corrected chi connectivity index (χ1v) is 6.26. The number of carbonyl (C=O) groups excluding carboxylic acids is 1. The summed E-state index contributed by atoms with van der Waals surface area (Å²) in [7, 11) is 1.65. The lowest BCUT2D eigenvalue weighted by atomic mass is 10.1. The maximum atomic E-state index is 11.8. The zero-order chi connectivity index (χ0) is 13.1. The zero-order valence-electron chi connectivity index (χ0n) is 10.8. The van der Waals surface area contributed by atoms with Gasteiger partial charge in [-0.25, -0.2) is 4.98 Å². The Bertz CT molecular complexity index is 434. The minimum absolute atomic E-state index is 0.00898. The van der Waals surface area contributed by atoms with E-state index >= 15 is 0 Å². The molecule has 5 heteroatoms. The van der Waals surface area contributed by atoms with Crippen LogP contribution in [0.25, 0.3) is 0 Å². The number of carbonyl (C=O) groups is 1. The fraction of sp³-hybridized carbons (Fsp3) is 0.538. The summed E-state index contributed by atoms with van der Waals surface area (Å²) in [5.41, 5.74) is 0.772. The number of nitrogens with one attached hydrogen (secondary N) is 1. The van der Waals surface area contributed by atoms with Gasteiger partial charge in [-0.3, -0.25) is 4.79 Å². The van der Waals surface area contributed by atoms with E-state index in [0.717, 1.165) is 30.8 Å². The fourth-order valence-electron chi connectivity index (χ4n) is 2.43.